The number of benzene rings is 2. The Labute approximate surface area is 138 Å². The summed E-state index contributed by atoms with van der Waals surface area (Å²) in [4.78, 5) is 12.1. The second kappa shape index (κ2) is 7.42. The van der Waals surface area contributed by atoms with Crippen LogP contribution in [0.1, 0.15) is 11.1 Å². The van der Waals surface area contributed by atoms with Crippen LogP contribution < -0.4 is 10.1 Å². The number of amides is 1. The minimum atomic E-state index is -0.984. The summed E-state index contributed by atoms with van der Waals surface area (Å²) < 4.78 is 17.7. The normalized spacial score (nSPS) is 17.1. The van der Waals surface area contributed by atoms with Crippen LogP contribution in [0.4, 0.5) is 0 Å². The Balaban J connectivity index is 1.41. The lowest BCUT2D eigenvalue weighted by atomic mass is 10.1. The first kappa shape index (κ1) is 15.7. The molecule has 2 atom stereocenters. The molecule has 120 valence electrons. The molecule has 1 aliphatic heterocycles. The zero-order chi connectivity index (χ0) is 16.1. The molecule has 1 heterocycles. The molecular formula is C18H19NO3S. The molecule has 0 saturated carbocycles. The molecule has 0 aliphatic carbocycles. The third-order valence-corrected chi connectivity index (χ3v) is 5.05. The number of ether oxygens (including phenoxy) is 1. The Kier molecular flexibility index (Phi) is 5.08. The van der Waals surface area contributed by atoms with E-state index in [0.29, 0.717) is 24.5 Å². The molecule has 1 aliphatic rings. The van der Waals surface area contributed by atoms with Gasteiger partial charge in [-0.25, -0.2) is 0 Å². The number of para-hydroxylation sites is 1. The predicted octanol–water partition coefficient (Wildman–Crippen LogP) is 2.06. The Morgan fingerprint density at radius 1 is 1.13 bits per heavy atom. The summed E-state index contributed by atoms with van der Waals surface area (Å²) in [6, 6.07) is 17.4. The van der Waals surface area contributed by atoms with Gasteiger partial charge in [-0.05, 0) is 17.2 Å². The molecule has 2 aromatic rings. The van der Waals surface area contributed by atoms with E-state index in [9.17, 15) is 9.00 Å². The molecule has 5 heteroatoms. The molecule has 2 aromatic carbocycles. The number of fused-ring (bicyclic) bond motifs is 1. The van der Waals surface area contributed by atoms with E-state index in [0.717, 1.165) is 16.9 Å². The molecule has 4 nitrogen and oxygen atoms in total. The summed E-state index contributed by atoms with van der Waals surface area (Å²) in [5.41, 5.74) is 2.10. The molecule has 0 spiro atoms. The van der Waals surface area contributed by atoms with Crippen LogP contribution in [0.3, 0.4) is 0 Å². The molecule has 0 fully saturated rings. The van der Waals surface area contributed by atoms with E-state index in [1.807, 2.05) is 54.6 Å². The van der Waals surface area contributed by atoms with Crippen molar-refractivity contribution >= 4 is 16.7 Å². The van der Waals surface area contributed by atoms with Crippen molar-refractivity contribution in [3.63, 3.8) is 0 Å². The van der Waals surface area contributed by atoms with Gasteiger partial charge in [0, 0.05) is 35.3 Å². The number of nitrogens with one attached hydrogen (secondary N) is 1. The van der Waals surface area contributed by atoms with Crippen LogP contribution in [0, 0.1) is 0 Å². The van der Waals surface area contributed by atoms with Crippen LogP contribution in [0.2, 0.25) is 0 Å². The zero-order valence-corrected chi connectivity index (χ0v) is 13.6. The van der Waals surface area contributed by atoms with Crippen LogP contribution in [-0.2, 0) is 27.8 Å². The minimum Gasteiger partial charge on any atom is -0.480 e. The maximum Gasteiger partial charge on any atom is 0.261 e. The second-order valence-electron chi connectivity index (χ2n) is 5.48. The summed E-state index contributed by atoms with van der Waals surface area (Å²) in [5, 5.41) is 2.82. The Morgan fingerprint density at radius 2 is 1.87 bits per heavy atom. The van der Waals surface area contributed by atoms with Gasteiger partial charge in [0.15, 0.2) is 6.10 Å². The van der Waals surface area contributed by atoms with Crippen LogP contribution in [-0.4, -0.2) is 28.5 Å². The first-order valence-electron chi connectivity index (χ1n) is 7.63. The van der Waals surface area contributed by atoms with Crippen molar-refractivity contribution in [3.05, 3.63) is 65.7 Å². The molecular weight excluding hydrogens is 310 g/mol. The van der Waals surface area contributed by atoms with Crippen molar-refractivity contribution in [2.75, 3.05) is 12.3 Å². The van der Waals surface area contributed by atoms with E-state index in [-0.39, 0.29) is 5.91 Å². The molecule has 1 N–H and O–H groups in total. The number of hydrogen-bond donors (Lipinski definition) is 1. The van der Waals surface area contributed by atoms with Crippen molar-refractivity contribution < 1.29 is 13.7 Å². The van der Waals surface area contributed by atoms with E-state index >= 15 is 0 Å². The summed E-state index contributed by atoms with van der Waals surface area (Å²) in [5.74, 6) is 1.60. The van der Waals surface area contributed by atoms with Gasteiger partial charge in [0.1, 0.15) is 5.75 Å². The van der Waals surface area contributed by atoms with Crippen molar-refractivity contribution in [1.82, 2.24) is 5.32 Å². The van der Waals surface area contributed by atoms with Gasteiger partial charge in [-0.2, -0.15) is 0 Å². The standard InChI is InChI=1S/C18H19NO3S/c20-18(17-12-15-8-4-5-9-16(15)22-17)19-10-11-23(21)13-14-6-2-1-3-7-14/h1-9,17H,10-13H2,(H,19,20)/t17-,23+/m1/s1. The first-order valence-corrected chi connectivity index (χ1v) is 9.12. The first-order chi connectivity index (χ1) is 11.2. The SMILES string of the molecule is O=C(NCC[S@](=O)Cc1ccccc1)[C@H]1Cc2ccccc2O1. The van der Waals surface area contributed by atoms with E-state index in [2.05, 4.69) is 5.32 Å². The van der Waals surface area contributed by atoms with Crippen LogP contribution in [0.25, 0.3) is 0 Å². The molecule has 0 bridgehead atoms. The lowest BCUT2D eigenvalue weighted by Crippen LogP contribution is -2.39. The molecule has 0 unspecified atom stereocenters. The van der Waals surface area contributed by atoms with Crippen LogP contribution >= 0.6 is 0 Å². The summed E-state index contributed by atoms with van der Waals surface area (Å²) in [6.07, 6.45) is 0.115. The van der Waals surface area contributed by atoms with Gasteiger partial charge < -0.3 is 10.1 Å². The fourth-order valence-corrected chi connectivity index (χ4v) is 3.60. The number of rotatable bonds is 6. The zero-order valence-electron chi connectivity index (χ0n) is 12.7. The van der Waals surface area contributed by atoms with Crippen molar-refractivity contribution in [3.8, 4) is 5.75 Å². The van der Waals surface area contributed by atoms with Gasteiger partial charge in [-0.15, -0.1) is 0 Å². The lowest BCUT2D eigenvalue weighted by molar-refractivity contribution is -0.127. The van der Waals surface area contributed by atoms with E-state index in [1.165, 1.54) is 0 Å². The third kappa shape index (κ3) is 4.20. The summed E-state index contributed by atoms with van der Waals surface area (Å²) in [7, 11) is -0.984. The highest BCUT2D eigenvalue weighted by Crippen LogP contribution is 2.27. The highest BCUT2D eigenvalue weighted by Gasteiger charge is 2.28. The number of carbonyl (C=O) groups is 1. The maximum absolute atomic E-state index is 12.1. The largest absolute Gasteiger partial charge is 0.480 e. The fraction of sp³-hybridized carbons (Fsp3) is 0.278. The van der Waals surface area contributed by atoms with Gasteiger partial charge in [0.25, 0.3) is 5.91 Å². The average Bonchev–Trinajstić information content (AvgIpc) is 3.00. The minimum absolute atomic E-state index is 0.141. The highest BCUT2D eigenvalue weighted by molar-refractivity contribution is 7.84. The Morgan fingerprint density at radius 3 is 2.65 bits per heavy atom. The highest BCUT2D eigenvalue weighted by atomic mass is 32.2. The quantitative estimate of drug-likeness (QED) is 0.882. The monoisotopic (exact) mass is 329 g/mol. The molecule has 3 rings (SSSR count). The summed E-state index contributed by atoms with van der Waals surface area (Å²) >= 11 is 0. The van der Waals surface area contributed by atoms with Gasteiger partial charge >= 0.3 is 0 Å². The van der Waals surface area contributed by atoms with Gasteiger partial charge in [0.05, 0.1) is 0 Å². The Bertz CT molecular complexity index is 677. The third-order valence-electron chi connectivity index (χ3n) is 3.74. The van der Waals surface area contributed by atoms with Gasteiger partial charge in [-0.3, -0.25) is 9.00 Å². The smallest absolute Gasteiger partial charge is 0.261 e. The lowest BCUT2D eigenvalue weighted by Gasteiger charge is -2.11. The molecule has 0 aromatic heterocycles. The number of carbonyl (C=O) groups excluding carboxylic acids is 1. The van der Waals surface area contributed by atoms with Crippen LogP contribution in [0.15, 0.2) is 54.6 Å². The van der Waals surface area contributed by atoms with E-state index in [4.69, 9.17) is 4.74 Å². The molecule has 0 saturated heterocycles. The van der Waals surface area contributed by atoms with E-state index < -0.39 is 16.9 Å². The summed E-state index contributed by atoms with van der Waals surface area (Å²) in [6.45, 7) is 0.397. The molecule has 23 heavy (non-hydrogen) atoms. The molecule has 0 radical (unpaired) electrons. The number of hydrogen-bond acceptors (Lipinski definition) is 3. The van der Waals surface area contributed by atoms with E-state index in [1.54, 1.807) is 0 Å². The van der Waals surface area contributed by atoms with Crippen LogP contribution in [0.5, 0.6) is 5.75 Å². The van der Waals surface area contributed by atoms with Crippen molar-refractivity contribution in [2.45, 2.75) is 18.3 Å². The van der Waals surface area contributed by atoms with Crippen molar-refractivity contribution in [1.29, 1.82) is 0 Å². The van der Waals surface area contributed by atoms with Crippen molar-refractivity contribution in [2.24, 2.45) is 0 Å². The predicted molar refractivity (Wildman–Crippen MR) is 90.7 cm³/mol. The van der Waals surface area contributed by atoms with Gasteiger partial charge in [0.2, 0.25) is 0 Å². The second-order valence-corrected chi connectivity index (χ2v) is 7.06. The average molecular weight is 329 g/mol. The maximum atomic E-state index is 12.1. The topological polar surface area (TPSA) is 55.4 Å². The fourth-order valence-electron chi connectivity index (χ4n) is 2.56. The van der Waals surface area contributed by atoms with Gasteiger partial charge in [-0.1, -0.05) is 48.5 Å². The molecule has 1 amide bonds. The Hall–Kier alpha value is -2.14.